The van der Waals surface area contributed by atoms with Gasteiger partial charge in [-0.15, -0.1) is 24.0 Å². The van der Waals surface area contributed by atoms with Gasteiger partial charge in [-0.3, -0.25) is 9.89 Å². The van der Waals surface area contributed by atoms with Gasteiger partial charge in [0, 0.05) is 32.5 Å². The minimum atomic E-state index is -0.757. The smallest absolute Gasteiger partial charge is 0.412 e. The zero-order valence-corrected chi connectivity index (χ0v) is 23.3. The second kappa shape index (κ2) is 11.5. The fraction of sp³-hybridized carbons (Fsp3) is 0.773. The number of imidazole rings is 1. The van der Waals surface area contributed by atoms with E-state index in [-0.39, 0.29) is 42.2 Å². The summed E-state index contributed by atoms with van der Waals surface area (Å²) in [5, 5.41) is 6.63. The van der Waals surface area contributed by atoms with Crippen molar-refractivity contribution >= 4 is 36.0 Å². The molecule has 0 saturated carbocycles. The van der Waals surface area contributed by atoms with Gasteiger partial charge in [0.2, 0.25) is 0 Å². The lowest BCUT2D eigenvalue weighted by atomic mass is 10.1. The molecule has 2 rings (SSSR count). The van der Waals surface area contributed by atoms with E-state index in [0.717, 1.165) is 12.4 Å². The highest BCUT2D eigenvalue weighted by Crippen LogP contribution is 2.33. The van der Waals surface area contributed by atoms with E-state index in [2.05, 4.69) is 39.0 Å². The summed E-state index contributed by atoms with van der Waals surface area (Å²) in [6.07, 6.45) is 3.27. The number of rotatable bonds is 6. The molecule has 1 saturated heterocycles. The van der Waals surface area contributed by atoms with Gasteiger partial charge in [-0.25, -0.2) is 9.78 Å². The quantitative estimate of drug-likeness (QED) is 0.312. The molecular formula is C22H41IN6O3. The lowest BCUT2D eigenvalue weighted by Gasteiger charge is -2.35. The van der Waals surface area contributed by atoms with E-state index in [1.165, 1.54) is 0 Å². The Morgan fingerprint density at radius 1 is 1.34 bits per heavy atom. The van der Waals surface area contributed by atoms with Gasteiger partial charge < -0.3 is 24.7 Å². The van der Waals surface area contributed by atoms with Crippen LogP contribution in [0.5, 0.6) is 0 Å². The van der Waals surface area contributed by atoms with Crippen molar-refractivity contribution in [1.29, 1.82) is 0 Å². The van der Waals surface area contributed by atoms with E-state index in [1.54, 1.807) is 11.9 Å². The lowest BCUT2D eigenvalue weighted by Crippen LogP contribution is -2.54. The average Bonchev–Trinajstić information content (AvgIpc) is 3.13. The molecule has 1 aromatic rings. The maximum atomic E-state index is 12.9. The average molecular weight is 565 g/mol. The summed E-state index contributed by atoms with van der Waals surface area (Å²) in [4.78, 5) is 23.3. The summed E-state index contributed by atoms with van der Waals surface area (Å²) in [6.45, 7) is 17.6. The number of halogens is 1. The fourth-order valence-electron chi connectivity index (χ4n) is 3.77. The van der Waals surface area contributed by atoms with E-state index >= 15 is 0 Å². The highest BCUT2D eigenvalue weighted by atomic mass is 127. The van der Waals surface area contributed by atoms with Gasteiger partial charge in [-0.1, -0.05) is 13.8 Å². The standard InChI is InChI=1S/C22H40N6O3.HI/c1-15(2)14-27-11-10-24-18(27)13-26-19(23-9)25-12-17-16(3)30-22(7,8)28(17)20(29)31-21(4,5)6;/h10-11,15-17H,12-14H2,1-9H3,(H2,23,25,26);1H. The molecule has 1 fully saturated rings. The van der Waals surface area contributed by atoms with Gasteiger partial charge in [-0.05, 0) is 47.5 Å². The molecule has 0 spiro atoms. The van der Waals surface area contributed by atoms with Crippen LogP contribution in [-0.2, 0) is 22.6 Å². The van der Waals surface area contributed by atoms with Crippen LogP contribution in [0.25, 0.3) is 0 Å². The maximum absolute atomic E-state index is 12.9. The number of amides is 1. The van der Waals surface area contributed by atoms with Gasteiger partial charge in [0.1, 0.15) is 17.2 Å². The molecule has 1 aromatic heterocycles. The van der Waals surface area contributed by atoms with Crippen molar-refractivity contribution in [3.05, 3.63) is 18.2 Å². The number of carbonyl (C=O) groups excluding carboxylic acids is 1. The molecule has 9 nitrogen and oxygen atoms in total. The minimum Gasteiger partial charge on any atom is -0.444 e. The molecule has 2 unspecified atom stereocenters. The highest BCUT2D eigenvalue weighted by Gasteiger charge is 2.49. The van der Waals surface area contributed by atoms with Crippen LogP contribution in [0.3, 0.4) is 0 Å². The van der Waals surface area contributed by atoms with Crippen LogP contribution in [0.4, 0.5) is 4.79 Å². The number of aromatic nitrogens is 2. The number of hydrogen-bond acceptors (Lipinski definition) is 5. The molecular weight excluding hydrogens is 523 g/mol. The Balaban J connectivity index is 0.00000512. The van der Waals surface area contributed by atoms with Crippen molar-refractivity contribution in [1.82, 2.24) is 25.1 Å². The van der Waals surface area contributed by atoms with Gasteiger partial charge in [0.05, 0.1) is 18.7 Å². The van der Waals surface area contributed by atoms with Gasteiger partial charge in [0.25, 0.3) is 0 Å². The second-order valence-corrected chi connectivity index (χ2v) is 9.88. The van der Waals surface area contributed by atoms with Gasteiger partial charge >= 0.3 is 6.09 Å². The fourth-order valence-corrected chi connectivity index (χ4v) is 3.77. The number of ether oxygens (including phenoxy) is 2. The first-order valence-electron chi connectivity index (χ1n) is 11.0. The second-order valence-electron chi connectivity index (χ2n) is 9.88. The molecule has 1 aliphatic heterocycles. The Kier molecular flexibility index (Phi) is 10.3. The number of nitrogens with one attached hydrogen (secondary N) is 2. The zero-order valence-electron chi connectivity index (χ0n) is 20.9. The molecule has 2 atom stereocenters. The highest BCUT2D eigenvalue weighted by molar-refractivity contribution is 14.0. The summed E-state index contributed by atoms with van der Waals surface area (Å²) in [5.41, 5.74) is -1.33. The molecule has 1 aliphatic rings. The molecule has 10 heteroatoms. The maximum Gasteiger partial charge on any atom is 0.412 e. The third-order valence-electron chi connectivity index (χ3n) is 5.00. The molecule has 0 aliphatic carbocycles. The van der Waals surface area contributed by atoms with Crippen LogP contribution in [0.2, 0.25) is 0 Å². The van der Waals surface area contributed by atoms with Crippen molar-refractivity contribution in [2.45, 2.75) is 92.0 Å². The minimum absolute atomic E-state index is 0. The topological polar surface area (TPSA) is 93.0 Å². The van der Waals surface area contributed by atoms with Crippen molar-refractivity contribution in [3.8, 4) is 0 Å². The van der Waals surface area contributed by atoms with E-state index in [1.807, 2.05) is 53.9 Å². The lowest BCUT2D eigenvalue weighted by molar-refractivity contribution is -0.0755. The van der Waals surface area contributed by atoms with E-state index < -0.39 is 11.3 Å². The molecule has 0 radical (unpaired) electrons. The number of hydrogen-bond donors (Lipinski definition) is 2. The molecule has 0 aromatic carbocycles. The Morgan fingerprint density at radius 2 is 2.00 bits per heavy atom. The van der Waals surface area contributed by atoms with Crippen LogP contribution in [0.15, 0.2) is 17.4 Å². The Morgan fingerprint density at radius 3 is 2.56 bits per heavy atom. The molecule has 184 valence electrons. The van der Waals surface area contributed by atoms with Crippen LogP contribution in [0.1, 0.15) is 61.2 Å². The predicted octanol–water partition coefficient (Wildman–Crippen LogP) is 3.58. The number of aliphatic imine (C=N–C) groups is 1. The van der Waals surface area contributed by atoms with E-state index in [4.69, 9.17) is 9.47 Å². The Labute approximate surface area is 209 Å². The van der Waals surface area contributed by atoms with Crippen LogP contribution in [-0.4, -0.2) is 63.6 Å². The first-order chi connectivity index (χ1) is 14.3. The molecule has 2 heterocycles. The van der Waals surface area contributed by atoms with Crippen molar-refractivity contribution in [2.24, 2.45) is 10.9 Å². The van der Waals surface area contributed by atoms with Gasteiger partial charge in [-0.2, -0.15) is 0 Å². The monoisotopic (exact) mass is 564 g/mol. The predicted molar refractivity (Wildman–Crippen MR) is 137 cm³/mol. The van der Waals surface area contributed by atoms with E-state index in [0.29, 0.717) is 25.0 Å². The Hall–Kier alpha value is -1.56. The molecule has 32 heavy (non-hydrogen) atoms. The van der Waals surface area contributed by atoms with E-state index in [9.17, 15) is 4.79 Å². The summed E-state index contributed by atoms with van der Waals surface area (Å²) < 4.78 is 13.8. The SMILES string of the molecule is CN=C(NCc1nccn1CC(C)C)NCC1C(C)OC(C)(C)N1C(=O)OC(C)(C)C.I. The van der Waals surface area contributed by atoms with Crippen molar-refractivity contribution < 1.29 is 14.3 Å². The number of guanidine groups is 1. The summed E-state index contributed by atoms with van der Waals surface area (Å²) in [5.74, 6) is 2.13. The van der Waals surface area contributed by atoms with Crippen LogP contribution >= 0.6 is 24.0 Å². The third-order valence-corrected chi connectivity index (χ3v) is 5.00. The summed E-state index contributed by atoms with van der Waals surface area (Å²) >= 11 is 0. The zero-order chi connectivity index (χ0) is 23.4. The first kappa shape index (κ1) is 28.5. The summed E-state index contributed by atoms with van der Waals surface area (Å²) in [7, 11) is 1.72. The van der Waals surface area contributed by atoms with Gasteiger partial charge in [0.15, 0.2) is 5.96 Å². The molecule has 2 N–H and O–H groups in total. The Bertz CT molecular complexity index is 772. The largest absolute Gasteiger partial charge is 0.444 e. The number of nitrogens with zero attached hydrogens (tertiary/aromatic N) is 4. The number of carbonyl (C=O) groups is 1. The van der Waals surface area contributed by atoms with Crippen molar-refractivity contribution in [2.75, 3.05) is 13.6 Å². The normalized spacial score (nSPS) is 20.8. The van der Waals surface area contributed by atoms with Crippen LogP contribution < -0.4 is 10.6 Å². The first-order valence-corrected chi connectivity index (χ1v) is 11.0. The van der Waals surface area contributed by atoms with Crippen LogP contribution in [0, 0.1) is 5.92 Å². The third kappa shape index (κ3) is 7.79. The molecule has 0 bridgehead atoms. The van der Waals surface area contributed by atoms with Crippen molar-refractivity contribution in [3.63, 3.8) is 0 Å². The summed E-state index contributed by atoms with van der Waals surface area (Å²) in [6, 6.07) is -0.202. The molecule has 1 amide bonds.